The van der Waals surface area contributed by atoms with Crippen molar-refractivity contribution in [1.82, 2.24) is 4.90 Å². The summed E-state index contributed by atoms with van der Waals surface area (Å²) in [5, 5.41) is 0.704. The van der Waals surface area contributed by atoms with Gasteiger partial charge in [-0.3, -0.25) is 0 Å². The molecule has 23 heavy (non-hydrogen) atoms. The molecular weight excluding hydrogens is 335 g/mol. The molecular formula is C15H13ClF3NO3. The molecule has 0 bridgehead atoms. The highest BCUT2D eigenvalue weighted by atomic mass is 35.5. The van der Waals surface area contributed by atoms with E-state index in [0.29, 0.717) is 22.4 Å². The average molecular weight is 348 g/mol. The first-order valence-corrected chi connectivity index (χ1v) is 7.42. The molecule has 0 atom stereocenters. The number of hydrogen-bond acceptors (Lipinski definition) is 3. The molecule has 124 valence electrons. The number of hydrogen-bond donors (Lipinski definition) is 0. The maximum absolute atomic E-state index is 13.3. The van der Waals surface area contributed by atoms with Crippen molar-refractivity contribution in [3.63, 3.8) is 0 Å². The van der Waals surface area contributed by atoms with Crippen molar-refractivity contribution >= 4 is 28.7 Å². The van der Waals surface area contributed by atoms with Gasteiger partial charge in [0.05, 0.1) is 13.2 Å². The number of amides is 1. The van der Waals surface area contributed by atoms with E-state index in [9.17, 15) is 18.0 Å². The van der Waals surface area contributed by atoms with Gasteiger partial charge in [0.25, 0.3) is 0 Å². The number of benzene rings is 1. The van der Waals surface area contributed by atoms with Gasteiger partial charge in [0.2, 0.25) is 5.76 Å². The fraction of sp³-hybridized carbons (Fsp3) is 0.400. The summed E-state index contributed by atoms with van der Waals surface area (Å²) in [5.74, 6) is -1.09. The molecule has 0 radical (unpaired) electrons. The summed E-state index contributed by atoms with van der Waals surface area (Å²) in [5.41, 5.74) is 0.609. The first-order chi connectivity index (χ1) is 10.8. The summed E-state index contributed by atoms with van der Waals surface area (Å²) in [6.45, 7) is 1.78. The molecule has 0 fully saturated rings. The third kappa shape index (κ3) is 2.73. The van der Waals surface area contributed by atoms with Gasteiger partial charge in [-0.15, -0.1) is 0 Å². The number of carbonyl (C=O) groups is 1. The van der Waals surface area contributed by atoms with E-state index in [4.69, 9.17) is 20.8 Å². The first-order valence-electron chi connectivity index (χ1n) is 7.04. The molecule has 4 nitrogen and oxygen atoms in total. The zero-order valence-corrected chi connectivity index (χ0v) is 12.9. The van der Waals surface area contributed by atoms with Crippen LogP contribution in [0.5, 0.6) is 0 Å². The van der Waals surface area contributed by atoms with Crippen LogP contribution in [0, 0.1) is 0 Å². The van der Waals surface area contributed by atoms with E-state index < -0.39 is 18.0 Å². The minimum atomic E-state index is -4.65. The van der Waals surface area contributed by atoms with E-state index in [0.717, 1.165) is 0 Å². The lowest BCUT2D eigenvalue weighted by molar-refractivity contribution is -0.153. The van der Waals surface area contributed by atoms with Gasteiger partial charge in [0.1, 0.15) is 5.58 Å². The van der Waals surface area contributed by atoms with Crippen molar-refractivity contribution in [3.8, 4) is 0 Å². The van der Waals surface area contributed by atoms with Crippen LogP contribution in [0.15, 0.2) is 16.5 Å². The second-order valence-corrected chi connectivity index (χ2v) is 5.58. The van der Waals surface area contributed by atoms with E-state index in [1.165, 1.54) is 17.0 Å². The molecule has 1 aliphatic rings. The quantitative estimate of drug-likeness (QED) is 0.756. The lowest BCUT2D eigenvalue weighted by Gasteiger charge is -2.20. The highest BCUT2D eigenvalue weighted by Gasteiger charge is 2.41. The maximum atomic E-state index is 13.3. The third-order valence-electron chi connectivity index (χ3n) is 3.77. The van der Waals surface area contributed by atoms with Crippen LogP contribution in [-0.4, -0.2) is 24.1 Å². The summed E-state index contributed by atoms with van der Waals surface area (Å²) >= 11 is 6.14. The Balaban J connectivity index is 2.18. The van der Waals surface area contributed by atoms with Crippen LogP contribution >= 0.6 is 11.6 Å². The molecule has 0 aliphatic carbocycles. The number of carbonyl (C=O) groups excluding carboxylic acids is 1. The van der Waals surface area contributed by atoms with Gasteiger partial charge < -0.3 is 14.1 Å². The molecule has 2 aromatic rings. The molecule has 1 aromatic carbocycles. The summed E-state index contributed by atoms with van der Waals surface area (Å²) < 4.78 is 49.7. The van der Waals surface area contributed by atoms with Gasteiger partial charge in [-0.1, -0.05) is 11.6 Å². The Morgan fingerprint density at radius 1 is 1.39 bits per heavy atom. The van der Waals surface area contributed by atoms with Gasteiger partial charge in [-0.05, 0) is 31.0 Å². The highest BCUT2D eigenvalue weighted by Crippen LogP contribution is 2.42. The number of halogens is 4. The van der Waals surface area contributed by atoms with Gasteiger partial charge in [0, 0.05) is 22.5 Å². The predicted molar refractivity (Wildman–Crippen MR) is 77.4 cm³/mol. The minimum Gasteiger partial charge on any atom is -0.451 e. The van der Waals surface area contributed by atoms with E-state index in [-0.39, 0.29) is 30.8 Å². The van der Waals surface area contributed by atoms with Crippen LogP contribution < -0.4 is 0 Å². The van der Waals surface area contributed by atoms with E-state index in [1.807, 2.05) is 0 Å². The van der Waals surface area contributed by atoms with Crippen molar-refractivity contribution in [2.24, 2.45) is 0 Å². The Bertz CT molecular complexity index is 769. The van der Waals surface area contributed by atoms with Crippen molar-refractivity contribution < 1.29 is 27.1 Å². The van der Waals surface area contributed by atoms with Crippen molar-refractivity contribution in [2.45, 2.75) is 26.1 Å². The van der Waals surface area contributed by atoms with Crippen LogP contribution in [0.1, 0.15) is 23.8 Å². The zero-order chi connectivity index (χ0) is 16.8. The number of alkyl halides is 3. The number of nitrogens with zero attached hydrogens (tertiary/aromatic N) is 1. The molecule has 0 N–H and O–H groups in total. The standard InChI is InChI=1S/C15H13ClF3NO3/c1-2-22-14(21)20-6-5-8-10(16)3-4-11-12(8)9(7-20)13(23-11)15(17,18)19/h3-4H,2,5-7H2,1H3. The SMILES string of the molecule is CCOC(=O)N1CCc2c(Cl)ccc3oc(C(F)(F)F)c(c23)C1. The lowest BCUT2D eigenvalue weighted by atomic mass is 10.0. The van der Waals surface area contributed by atoms with Gasteiger partial charge >= 0.3 is 12.3 Å². The molecule has 1 aliphatic heterocycles. The van der Waals surface area contributed by atoms with Crippen molar-refractivity contribution in [1.29, 1.82) is 0 Å². The van der Waals surface area contributed by atoms with E-state index in [2.05, 4.69) is 0 Å². The zero-order valence-electron chi connectivity index (χ0n) is 12.2. The Morgan fingerprint density at radius 3 is 2.78 bits per heavy atom. The first kappa shape index (κ1) is 16.0. The van der Waals surface area contributed by atoms with Crippen molar-refractivity contribution in [2.75, 3.05) is 13.2 Å². The number of furan rings is 1. The molecule has 0 spiro atoms. The van der Waals surface area contributed by atoms with Gasteiger partial charge in [-0.25, -0.2) is 4.79 Å². The highest BCUT2D eigenvalue weighted by molar-refractivity contribution is 6.32. The van der Waals surface area contributed by atoms with Crippen molar-refractivity contribution in [3.05, 3.63) is 34.0 Å². The monoisotopic (exact) mass is 347 g/mol. The van der Waals surface area contributed by atoms with Crippen LogP contribution in [0.25, 0.3) is 11.0 Å². The van der Waals surface area contributed by atoms with E-state index in [1.54, 1.807) is 6.92 Å². The Kier molecular flexibility index (Phi) is 3.91. The second-order valence-electron chi connectivity index (χ2n) is 5.18. The van der Waals surface area contributed by atoms with Gasteiger partial charge in [0.15, 0.2) is 0 Å². The smallest absolute Gasteiger partial charge is 0.449 e. The Hall–Kier alpha value is -1.89. The van der Waals surface area contributed by atoms with Crippen LogP contribution in [-0.2, 0) is 23.9 Å². The molecule has 0 saturated carbocycles. The summed E-state index contributed by atoms with van der Waals surface area (Å²) in [7, 11) is 0. The molecule has 3 rings (SSSR count). The predicted octanol–water partition coefficient (Wildman–Crippen LogP) is 4.62. The minimum absolute atomic E-state index is 0.0736. The largest absolute Gasteiger partial charge is 0.451 e. The third-order valence-corrected chi connectivity index (χ3v) is 4.12. The van der Waals surface area contributed by atoms with Crippen LogP contribution in [0.3, 0.4) is 0 Å². The topological polar surface area (TPSA) is 42.7 Å². The fourth-order valence-corrected chi connectivity index (χ4v) is 3.07. The Morgan fingerprint density at radius 2 is 2.13 bits per heavy atom. The molecule has 8 heteroatoms. The molecule has 2 heterocycles. The molecule has 0 unspecified atom stereocenters. The fourth-order valence-electron chi connectivity index (χ4n) is 2.81. The summed E-state index contributed by atoms with van der Waals surface area (Å²) in [6.07, 6.45) is -4.97. The number of ether oxygens (including phenoxy) is 1. The lowest BCUT2D eigenvalue weighted by Crippen LogP contribution is -2.32. The molecule has 1 amide bonds. The van der Waals surface area contributed by atoms with Crippen LogP contribution in [0.4, 0.5) is 18.0 Å². The van der Waals surface area contributed by atoms with Gasteiger partial charge in [-0.2, -0.15) is 13.2 Å². The Labute approximate surface area is 134 Å². The normalized spacial score (nSPS) is 14.9. The summed E-state index contributed by atoms with van der Waals surface area (Å²) in [4.78, 5) is 13.2. The summed E-state index contributed by atoms with van der Waals surface area (Å²) in [6, 6.07) is 2.92. The molecule has 0 saturated heterocycles. The second kappa shape index (κ2) is 5.63. The average Bonchev–Trinajstić information content (AvgIpc) is 2.71. The van der Waals surface area contributed by atoms with Crippen LogP contribution in [0.2, 0.25) is 5.02 Å². The van der Waals surface area contributed by atoms with E-state index >= 15 is 0 Å². The maximum Gasteiger partial charge on any atom is 0.449 e. The molecule has 1 aromatic heterocycles. The number of rotatable bonds is 1.